The molecule has 4 rings (SSSR count). The maximum atomic E-state index is 13.0. The van der Waals surface area contributed by atoms with Crippen molar-refractivity contribution in [1.82, 2.24) is 9.97 Å². The van der Waals surface area contributed by atoms with Crippen molar-refractivity contribution in [3.05, 3.63) is 78.4 Å². The van der Waals surface area contributed by atoms with E-state index in [1.807, 2.05) is 60.7 Å². The first kappa shape index (κ1) is 16.2. The van der Waals surface area contributed by atoms with Gasteiger partial charge in [0.15, 0.2) is 0 Å². The molecule has 0 spiro atoms. The molecule has 3 aromatic carbocycles. The third-order valence-electron chi connectivity index (χ3n) is 4.22. The molecule has 0 aliphatic carbocycles. The molecule has 0 fully saturated rings. The second-order valence-electron chi connectivity index (χ2n) is 5.93. The molecule has 0 aliphatic rings. The predicted octanol–water partition coefficient (Wildman–Crippen LogP) is 3.42. The molecule has 26 heavy (non-hydrogen) atoms. The molecule has 0 saturated carbocycles. The minimum atomic E-state index is -0.179. The van der Waals surface area contributed by atoms with Crippen LogP contribution in [0.4, 0.5) is 5.69 Å². The van der Waals surface area contributed by atoms with Crippen molar-refractivity contribution in [3.63, 3.8) is 0 Å². The first-order valence-electron chi connectivity index (χ1n) is 8.40. The number of aliphatic hydroxyl groups excluding tert-OH is 1. The van der Waals surface area contributed by atoms with E-state index in [-0.39, 0.29) is 19.1 Å². The van der Waals surface area contributed by atoms with Gasteiger partial charge in [0.25, 0.3) is 5.91 Å². The summed E-state index contributed by atoms with van der Waals surface area (Å²) in [7, 11) is 0. The Morgan fingerprint density at radius 1 is 0.808 bits per heavy atom. The summed E-state index contributed by atoms with van der Waals surface area (Å²) in [6, 6.07) is 22.3. The summed E-state index contributed by atoms with van der Waals surface area (Å²) in [4.78, 5) is 23.8. The van der Waals surface area contributed by atoms with Crippen molar-refractivity contribution >= 4 is 33.7 Å². The first-order chi connectivity index (χ1) is 12.8. The lowest BCUT2D eigenvalue weighted by Crippen LogP contribution is -2.33. The number of aliphatic hydroxyl groups is 1. The van der Waals surface area contributed by atoms with Gasteiger partial charge in [0.05, 0.1) is 28.7 Å². The van der Waals surface area contributed by atoms with E-state index in [2.05, 4.69) is 9.97 Å². The number of aromatic nitrogens is 2. The molecule has 0 aliphatic heterocycles. The summed E-state index contributed by atoms with van der Waals surface area (Å²) in [5, 5.41) is 9.37. The first-order valence-corrected chi connectivity index (χ1v) is 8.40. The number of hydrogen-bond acceptors (Lipinski definition) is 4. The minimum Gasteiger partial charge on any atom is -0.395 e. The number of benzene rings is 3. The van der Waals surface area contributed by atoms with E-state index in [0.717, 1.165) is 22.2 Å². The molecule has 1 N–H and O–H groups in total. The maximum absolute atomic E-state index is 13.0. The number of carbonyl (C=O) groups is 1. The van der Waals surface area contributed by atoms with Crippen LogP contribution < -0.4 is 4.90 Å². The Bertz CT molecular complexity index is 1080. The Hall–Kier alpha value is -3.31. The Morgan fingerprint density at radius 2 is 1.42 bits per heavy atom. The lowest BCUT2D eigenvalue weighted by molar-refractivity contribution is 0.0981. The third kappa shape index (κ3) is 3.00. The van der Waals surface area contributed by atoms with E-state index in [9.17, 15) is 9.90 Å². The third-order valence-corrected chi connectivity index (χ3v) is 4.22. The van der Waals surface area contributed by atoms with Gasteiger partial charge in [0, 0.05) is 17.8 Å². The van der Waals surface area contributed by atoms with Gasteiger partial charge in [-0.1, -0.05) is 30.3 Å². The largest absolute Gasteiger partial charge is 0.395 e. The van der Waals surface area contributed by atoms with Crippen LogP contribution in [0.2, 0.25) is 0 Å². The second-order valence-corrected chi connectivity index (χ2v) is 5.93. The second kappa shape index (κ2) is 6.90. The van der Waals surface area contributed by atoms with Crippen LogP contribution in [-0.2, 0) is 0 Å². The van der Waals surface area contributed by atoms with Crippen molar-refractivity contribution < 1.29 is 9.90 Å². The molecule has 5 nitrogen and oxygen atoms in total. The Balaban J connectivity index is 1.76. The van der Waals surface area contributed by atoms with E-state index in [4.69, 9.17) is 0 Å². The number of fused-ring (bicyclic) bond motifs is 2. The number of rotatable bonds is 4. The van der Waals surface area contributed by atoms with Crippen molar-refractivity contribution in [2.24, 2.45) is 0 Å². The van der Waals surface area contributed by atoms with Crippen molar-refractivity contribution in [2.45, 2.75) is 0 Å². The van der Waals surface area contributed by atoms with E-state index in [0.29, 0.717) is 11.1 Å². The van der Waals surface area contributed by atoms with Crippen LogP contribution in [0.3, 0.4) is 0 Å². The van der Waals surface area contributed by atoms with Gasteiger partial charge in [-0.2, -0.15) is 0 Å². The Labute approximate surface area is 150 Å². The highest BCUT2D eigenvalue weighted by molar-refractivity contribution is 6.07. The summed E-state index contributed by atoms with van der Waals surface area (Å²) in [6.45, 7) is 0.114. The van der Waals surface area contributed by atoms with E-state index < -0.39 is 0 Å². The van der Waals surface area contributed by atoms with E-state index in [1.54, 1.807) is 17.0 Å². The summed E-state index contributed by atoms with van der Waals surface area (Å²) in [6.07, 6.45) is 0. The Morgan fingerprint density at radius 3 is 2.12 bits per heavy atom. The highest BCUT2D eigenvalue weighted by atomic mass is 16.3. The van der Waals surface area contributed by atoms with Crippen LogP contribution >= 0.6 is 0 Å². The summed E-state index contributed by atoms with van der Waals surface area (Å²) < 4.78 is 0. The molecule has 0 saturated heterocycles. The maximum Gasteiger partial charge on any atom is 0.258 e. The van der Waals surface area contributed by atoms with Crippen molar-refractivity contribution in [2.75, 3.05) is 18.1 Å². The average Bonchev–Trinajstić information content (AvgIpc) is 2.70. The lowest BCUT2D eigenvalue weighted by atomic mass is 10.1. The predicted molar refractivity (Wildman–Crippen MR) is 102 cm³/mol. The SMILES string of the molecule is O=C(c1ccc2nc3ccccc3nc2c1)N(CCO)c1ccccc1. The quantitative estimate of drug-likeness (QED) is 0.577. The van der Waals surface area contributed by atoms with Crippen LogP contribution in [0, 0.1) is 0 Å². The van der Waals surface area contributed by atoms with Crippen LogP contribution in [-0.4, -0.2) is 34.1 Å². The summed E-state index contributed by atoms with van der Waals surface area (Å²) >= 11 is 0. The molecular formula is C21H17N3O2. The normalized spacial score (nSPS) is 11.0. The fourth-order valence-corrected chi connectivity index (χ4v) is 2.97. The zero-order valence-electron chi connectivity index (χ0n) is 14.0. The number of amides is 1. The van der Waals surface area contributed by atoms with Crippen LogP contribution in [0.5, 0.6) is 0 Å². The monoisotopic (exact) mass is 343 g/mol. The smallest absolute Gasteiger partial charge is 0.258 e. The molecule has 0 atom stereocenters. The number of anilines is 1. The van der Waals surface area contributed by atoms with Gasteiger partial charge >= 0.3 is 0 Å². The zero-order valence-corrected chi connectivity index (χ0v) is 14.0. The minimum absolute atomic E-state index is 0.112. The van der Waals surface area contributed by atoms with Gasteiger partial charge in [0.1, 0.15) is 0 Å². The van der Waals surface area contributed by atoms with Gasteiger partial charge in [0.2, 0.25) is 0 Å². The van der Waals surface area contributed by atoms with Gasteiger partial charge in [-0.25, -0.2) is 9.97 Å². The van der Waals surface area contributed by atoms with E-state index >= 15 is 0 Å². The number of nitrogens with zero attached hydrogens (tertiary/aromatic N) is 3. The molecule has 5 heteroatoms. The highest BCUT2D eigenvalue weighted by Gasteiger charge is 2.18. The molecule has 4 aromatic rings. The molecular weight excluding hydrogens is 326 g/mol. The highest BCUT2D eigenvalue weighted by Crippen LogP contribution is 2.21. The average molecular weight is 343 g/mol. The van der Waals surface area contributed by atoms with Crippen molar-refractivity contribution in [1.29, 1.82) is 0 Å². The van der Waals surface area contributed by atoms with Gasteiger partial charge in [-0.05, 0) is 42.5 Å². The number of carbonyl (C=O) groups excluding carboxylic acids is 1. The molecule has 0 bridgehead atoms. The van der Waals surface area contributed by atoms with Crippen LogP contribution in [0.25, 0.3) is 22.1 Å². The molecule has 1 aromatic heterocycles. The molecule has 0 radical (unpaired) electrons. The summed E-state index contributed by atoms with van der Waals surface area (Å²) in [5.41, 5.74) is 4.29. The zero-order chi connectivity index (χ0) is 17.9. The lowest BCUT2D eigenvalue weighted by Gasteiger charge is -2.22. The van der Waals surface area contributed by atoms with Crippen molar-refractivity contribution in [3.8, 4) is 0 Å². The number of para-hydroxylation sites is 3. The van der Waals surface area contributed by atoms with Crippen LogP contribution in [0.15, 0.2) is 72.8 Å². The molecule has 128 valence electrons. The Kier molecular flexibility index (Phi) is 4.29. The van der Waals surface area contributed by atoms with Gasteiger partial charge in [-0.15, -0.1) is 0 Å². The topological polar surface area (TPSA) is 66.3 Å². The number of hydrogen-bond donors (Lipinski definition) is 1. The van der Waals surface area contributed by atoms with Gasteiger partial charge < -0.3 is 10.0 Å². The summed E-state index contributed by atoms with van der Waals surface area (Å²) in [5.74, 6) is -0.179. The molecule has 1 amide bonds. The molecule has 1 heterocycles. The van der Waals surface area contributed by atoms with Gasteiger partial charge in [-0.3, -0.25) is 4.79 Å². The fraction of sp³-hybridized carbons (Fsp3) is 0.0952. The van der Waals surface area contributed by atoms with E-state index in [1.165, 1.54) is 0 Å². The van der Waals surface area contributed by atoms with Crippen LogP contribution in [0.1, 0.15) is 10.4 Å². The fourth-order valence-electron chi connectivity index (χ4n) is 2.97. The molecule has 0 unspecified atom stereocenters. The standard InChI is InChI=1S/C21H17N3O2/c25-13-12-24(16-6-2-1-3-7-16)21(26)15-10-11-19-20(14-15)23-18-9-5-4-8-17(18)22-19/h1-11,14,25H,12-13H2.